The number of hydrogen-bond acceptors (Lipinski definition) is 4. The number of carbonyl (C=O) groups excluding carboxylic acids is 1. The van der Waals surface area contributed by atoms with Gasteiger partial charge in [0.1, 0.15) is 5.03 Å². The topological polar surface area (TPSA) is 58.1 Å². The third kappa shape index (κ3) is 2.29. The van der Waals surface area contributed by atoms with Crippen molar-refractivity contribution < 1.29 is 4.79 Å². The molecule has 0 bridgehead atoms. The zero-order chi connectivity index (χ0) is 16.8. The molecule has 0 fully saturated rings. The molecule has 1 atom stereocenters. The van der Waals surface area contributed by atoms with E-state index in [-0.39, 0.29) is 12.1 Å². The predicted octanol–water partition coefficient (Wildman–Crippen LogP) is 4.15. The van der Waals surface area contributed by atoms with Crippen molar-refractivity contribution in [3.05, 3.63) is 66.5 Å². The van der Waals surface area contributed by atoms with Crippen LogP contribution in [0.2, 0.25) is 0 Å². The van der Waals surface area contributed by atoms with Gasteiger partial charge in [0.05, 0.1) is 23.1 Å². The van der Waals surface area contributed by atoms with Gasteiger partial charge in [-0.05, 0) is 18.2 Å². The summed E-state index contributed by atoms with van der Waals surface area (Å²) in [5, 5.41) is 4.09. The summed E-state index contributed by atoms with van der Waals surface area (Å²) in [5.41, 5.74) is 4.69. The molecule has 3 aromatic rings. The van der Waals surface area contributed by atoms with Crippen molar-refractivity contribution in [3.63, 3.8) is 0 Å². The first kappa shape index (κ1) is 14.5. The number of hydrogen-bond donors (Lipinski definition) is 1. The van der Waals surface area contributed by atoms with Gasteiger partial charge < -0.3 is 5.32 Å². The third-order valence-corrected chi connectivity index (χ3v) is 5.58. The number of carbonyl (C=O) groups is 1. The Morgan fingerprint density at radius 2 is 1.92 bits per heavy atom. The molecular weight excluding hydrogens is 332 g/mol. The fraction of sp³-hybridized carbons (Fsp3) is 0.105. The molecule has 4 heterocycles. The lowest BCUT2D eigenvalue weighted by molar-refractivity contribution is 0.244. The van der Waals surface area contributed by atoms with Gasteiger partial charge >= 0.3 is 6.03 Å². The predicted molar refractivity (Wildman–Crippen MR) is 98.0 cm³/mol. The number of anilines is 2. The lowest BCUT2D eigenvalue weighted by atomic mass is 10.0. The zero-order valence-electron chi connectivity index (χ0n) is 13.2. The van der Waals surface area contributed by atoms with Crippen LogP contribution in [0.4, 0.5) is 16.2 Å². The Morgan fingerprint density at radius 1 is 1.08 bits per heavy atom. The van der Waals surface area contributed by atoms with Gasteiger partial charge in [-0.3, -0.25) is 9.88 Å². The van der Waals surface area contributed by atoms with Crippen LogP contribution in [-0.2, 0) is 0 Å². The number of rotatable bonds is 2. The summed E-state index contributed by atoms with van der Waals surface area (Å²) in [4.78, 5) is 23.4. The normalized spacial score (nSPS) is 18.0. The van der Waals surface area contributed by atoms with Gasteiger partial charge in [-0.1, -0.05) is 30.3 Å². The fourth-order valence-corrected chi connectivity index (χ4v) is 4.46. The first-order chi connectivity index (χ1) is 12.3. The average Bonchev–Trinajstić information content (AvgIpc) is 3.07. The molecule has 2 amide bonds. The van der Waals surface area contributed by atoms with Gasteiger partial charge in [-0.15, -0.1) is 11.8 Å². The van der Waals surface area contributed by atoms with Crippen molar-refractivity contribution in [3.8, 4) is 11.3 Å². The van der Waals surface area contributed by atoms with Crippen LogP contribution in [0, 0.1) is 0 Å². The summed E-state index contributed by atoms with van der Waals surface area (Å²) in [6, 6.07) is 15.6. The maximum atomic E-state index is 12.8. The quantitative estimate of drug-likeness (QED) is 0.757. The highest BCUT2D eigenvalue weighted by molar-refractivity contribution is 7.99. The monoisotopic (exact) mass is 346 g/mol. The molecule has 6 heteroatoms. The summed E-state index contributed by atoms with van der Waals surface area (Å²) in [5.74, 6) is 0.838. The average molecular weight is 346 g/mol. The number of nitrogens with zero attached hydrogens (tertiary/aromatic N) is 3. The molecule has 1 N–H and O–H groups in total. The molecule has 122 valence electrons. The molecular formula is C19H14N4OS. The molecule has 25 heavy (non-hydrogen) atoms. The second kappa shape index (κ2) is 5.60. The van der Waals surface area contributed by atoms with E-state index in [4.69, 9.17) is 0 Å². The Labute approximate surface area is 149 Å². The maximum Gasteiger partial charge on any atom is 0.327 e. The number of aromatic nitrogens is 2. The Morgan fingerprint density at radius 3 is 2.80 bits per heavy atom. The van der Waals surface area contributed by atoms with E-state index in [9.17, 15) is 4.79 Å². The minimum absolute atomic E-state index is 0.0443. The molecule has 2 aromatic heterocycles. The Bertz CT molecular complexity index is 976. The molecule has 0 aliphatic carbocycles. The highest BCUT2D eigenvalue weighted by Crippen LogP contribution is 2.46. The summed E-state index contributed by atoms with van der Waals surface area (Å²) in [7, 11) is 0. The van der Waals surface area contributed by atoms with Crippen molar-refractivity contribution in [2.45, 2.75) is 11.1 Å². The van der Waals surface area contributed by atoms with Gasteiger partial charge in [0, 0.05) is 29.3 Å². The van der Waals surface area contributed by atoms with E-state index in [1.807, 2.05) is 48.5 Å². The smallest absolute Gasteiger partial charge is 0.327 e. The highest BCUT2D eigenvalue weighted by atomic mass is 32.2. The zero-order valence-corrected chi connectivity index (χ0v) is 14.0. The minimum atomic E-state index is -0.109. The lowest BCUT2D eigenvalue weighted by Gasteiger charge is -2.32. The molecule has 0 spiro atoms. The van der Waals surface area contributed by atoms with E-state index in [0.717, 1.165) is 39.0 Å². The maximum absolute atomic E-state index is 12.8. The molecule has 2 aliphatic rings. The molecule has 5 rings (SSSR count). The van der Waals surface area contributed by atoms with Crippen LogP contribution in [-0.4, -0.2) is 21.8 Å². The Balaban J connectivity index is 1.64. The van der Waals surface area contributed by atoms with Gasteiger partial charge in [-0.2, -0.15) is 0 Å². The first-order valence-corrected chi connectivity index (χ1v) is 9.03. The largest absolute Gasteiger partial charge is 0.330 e. The Kier molecular flexibility index (Phi) is 3.24. The van der Waals surface area contributed by atoms with Crippen LogP contribution in [0.5, 0.6) is 0 Å². The number of benzene rings is 1. The van der Waals surface area contributed by atoms with Crippen molar-refractivity contribution in [1.29, 1.82) is 0 Å². The minimum Gasteiger partial charge on any atom is -0.330 e. The van der Waals surface area contributed by atoms with Crippen LogP contribution in [0.15, 0.2) is 66.0 Å². The second-order valence-electron chi connectivity index (χ2n) is 5.96. The van der Waals surface area contributed by atoms with Gasteiger partial charge in [-0.25, -0.2) is 9.78 Å². The van der Waals surface area contributed by atoms with Gasteiger partial charge in [0.2, 0.25) is 0 Å². The summed E-state index contributed by atoms with van der Waals surface area (Å²) < 4.78 is 0. The van der Waals surface area contributed by atoms with Crippen molar-refractivity contribution in [1.82, 2.24) is 15.3 Å². The van der Waals surface area contributed by atoms with Gasteiger partial charge in [0.15, 0.2) is 0 Å². The summed E-state index contributed by atoms with van der Waals surface area (Å²) in [6.45, 7) is 0. The number of urea groups is 1. The van der Waals surface area contributed by atoms with Crippen LogP contribution < -0.4 is 10.2 Å². The Hall–Kier alpha value is -2.86. The first-order valence-electron chi connectivity index (χ1n) is 8.05. The van der Waals surface area contributed by atoms with E-state index >= 15 is 0 Å². The van der Waals surface area contributed by atoms with E-state index in [1.54, 1.807) is 29.1 Å². The summed E-state index contributed by atoms with van der Waals surface area (Å²) in [6.07, 6.45) is 3.52. The summed E-state index contributed by atoms with van der Waals surface area (Å²) >= 11 is 1.69. The van der Waals surface area contributed by atoms with Crippen LogP contribution >= 0.6 is 11.8 Å². The number of thioether (sulfide) groups is 1. The fourth-order valence-electron chi connectivity index (χ4n) is 3.35. The van der Waals surface area contributed by atoms with Crippen LogP contribution in [0.25, 0.3) is 11.3 Å². The standard InChI is InChI=1S/C19H14N4OS/c24-19-22-15-11-25-18-17(15)16(7-9-21-18)23(19)13-6-8-20-14(10-13)12-4-2-1-3-5-12/h1-10,15H,11H2,(H,22,24). The highest BCUT2D eigenvalue weighted by Gasteiger charge is 2.37. The van der Waals surface area contributed by atoms with E-state index in [2.05, 4.69) is 15.3 Å². The second-order valence-corrected chi connectivity index (χ2v) is 6.97. The van der Waals surface area contributed by atoms with Crippen LogP contribution in [0.1, 0.15) is 11.6 Å². The van der Waals surface area contributed by atoms with E-state index in [1.165, 1.54) is 0 Å². The van der Waals surface area contributed by atoms with Crippen molar-refractivity contribution in [2.75, 3.05) is 10.7 Å². The van der Waals surface area contributed by atoms with Crippen LogP contribution in [0.3, 0.4) is 0 Å². The van der Waals surface area contributed by atoms with E-state index < -0.39 is 0 Å². The molecule has 0 saturated carbocycles. The SMILES string of the molecule is O=C1NC2CSc3nccc(c32)N1c1ccnc(-c2ccccc2)c1. The number of amides is 2. The number of nitrogens with one attached hydrogen (secondary N) is 1. The lowest BCUT2D eigenvalue weighted by Crippen LogP contribution is -2.44. The molecule has 0 radical (unpaired) electrons. The van der Waals surface area contributed by atoms with E-state index in [0.29, 0.717) is 0 Å². The molecule has 1 aromatic carbocycles. The van der Waals surface area contributed by atoms with Crippen molar-refractivity contribution >= 4 is 29.2 Å². The number of pyridine rings is 2. The van der Waals surface area contributed by atoms with Crippen molar-refractivity contribution in [2.24, 2.45) is 0 Å². The molecule has 1 unspecified atom stereocenters. The molecule has 0 saturated heterocycles. The third-order valence-electron chi connectivity index (χ3n) is 4.48. The van der Waals surface area contributed by atoms with Gasteiger partial charge in [0.25, 0.3) is 0 Å². The molecule has 5 nitrogen and oxygen atoms in total. The molecule has 2 aliphatic heterocycles.